The van der Waals surface area contributed by atoms with E-state index in [0.717, 1.165) is 28.2 Å². The third kappa shape index (κ3) is 6.79. The van der Waals surface area contributed by atoms with Crippen molar-refractivity contribution in [1.29, 1.82) is 0 Å². The van der Waals surface area contributed by atoms with Gasteiger partial charge < -0.3 is 9.47 Å². The molecule has 3 aromatic rings. The fourth-order valence-electron chi connectivity index (χ4n) is 3.27. The average Bonchev–Trinajstić information content (AvgIpc) is 2.86. The van der Waals surface area contributed by atoms with Crippen LogP contribution >= 0.6 is 0 Å². The quantitative estimate of drug-likeness (QED) is 0.324. The average molecular weight is 536 g/mol. The highest BCUT2D eigenvalue weighted by molar-refractivity contribution is 7.92. The minimum Gasteiger partial charge on any atom is -0.493 e. The van der Waals surface area contributed by atoms with Crippen molar-refractivity contribution in [1.82, 2.24) is 5.43 Å². The molecule has 0 aliphatic carbocycles. The summed E-state index contributed by atoms with van der Waals surface area (Å²) < 4.78 is 77.0. The topological polar surface area (TPSA) is 97.3 Å². The number of methoxy groups -OCH3 is 2. The maximum atomic E-state index is 13.5. The van der Waals surface area contributed by atoms with E-state index in [1.807, 2.05) is 0 Å². The number of benzene rings is 3. The van der Waals surface area contributed by atoms with Crippen LogP contribution in [-0.4, -0.2) is 41.3 Å². The first-order valence-electron chi connectivity index (χ1n) is 10.8. The second kappa shape index (κ2) is 11.3. The summed E-state index contributed by atoms with van der Waals surface area (Å²) in [7, 11) is -1.40. The van der Waals surface area contributed by atoms with Gasteiger partial charge in [-0.15, -0.1) is 0 Å². The first-order valence-corrected chi connectivity index (χ1v) is 12.2. The number of hydrogen-bond donors (Lipinski definition) is 1. The Kier molecular flexibility index (Phi) is 8.43. The van der Waals surface area contributed by atoms with E-state index < -0.39 is 34.2 Å². The number of aryl methyl sites for hydroxylation is 1. The van der Waals surface area contributed by atoms with Gasteiger partial charge in [-0.3, -0.25) is 9.10 Å². The molecule has 0 radical (unpaired) electrons. The van der Waals surface area contributed by atoms with Gasteiger partial charge in [0, 0.05) is 6.07 Å². The molecule has 3 aromatic carbocycles. The van der Waals surface area contributed by atoms with Gasteiger partial charge in [-0.2, -0.15) is 18.3 Å². The van der Waals surface area contributed by atoms with Gasteiger partial charge in [-0.25, -0.2) is 13.8 Å². The van der Waals surface area contributed by atoms with Crippen LogP contribution in [0.3, 0.4) is 0 Å². The van der Waals surface area contributed by atoms with Crippen molar-refractivity contribution in [2.24, 2.45) is 5.10 Å². The second-order valence-electron chi connectivity index (χ2n) is 7.78. The van der Waals surface area contributed by atoms with Crippen molar-refractivity contribution in [3.05, 3.63) is 83.4 Å². The van der Waals surface area contributed by atoms with Gasteiger partial charge >= 0.3 is 6.18 Å². The number of ether oxygens (including phenoxy) is 2. The molecule has 0 saturated heterocycles. The van der Waals surface area contributed by atoms with Crippen LogP contribution in [0, 0.1) is 6.92 Å². The lowest BCUT2D eigenvalue weighted by molar-refractivity contribution is -0.137. The first-order chi connectivity index (χ1) is 17.5. The van der Waals surface area contributed by atoms with E-state index in [1.165, 1.54) is 56.7 Å². The maximum Gasteiger partial charge on any atom is 0.416 e. The molecule has 0 heterocycles. The van der Waals surface area contributed by atoms with E-state index in [-0.39, 0.29) is 21.9 Å². The molecule has 3 rings (SSSR count). The number of nitrogens with zero attached hydrogens (tertiary/aromatic N) is 2. The lowest BCUT2D eigenvalue weighted by Gasteiger charge is -2.24. The zero-order valence-electron chi connectivity index (χ0n) is 20.1. The number of hydrazone groups is 1. The third-order valence-electron chi connectivity index (χ3n) is 5.17. The zero-order valence-corrected chi connectivity index (χ0v) is 20.9. The van der Waals surface area contributed by atoms with Crippen LogP contribution in [0.5, 0.6) is 11.5 Å². The number of carbonyl (C=O) groups is 1. The number of anilines is 1. The Morgan fingerprint density at radius 3 is 2.30 bits per heavy atom. The lowest BCUT2D eigenvalue weighted by Crippen LogP contribution is -2.39. The SMILES string of the molecule is COc1ccc(N(CC(=O)N/N=C/c2cccc(C(F)(F)F)c2)S(=O)(=O)c2ccc(C)cc2)cc1OC. The molecule has 12 heteroatoms. The Balaban J connectivity index is 1.89. The first kappa shape index (κ1) is 27.5. The molecule has 0 unspecified atom stereocenters. The number of hydrogen-bond acceptors (Lipinski definition) is 6. The number of rotatable bonds is 9. The van der Waals surface area contributed by atoms with Crippen molar-refractivity contribution in [2.45, 2.75) is 18.0 Å². The minimum absolute atomic E-state index is 0.0480. The van der Waals surface area contributed by atoms with Gasteiger partial charge in [-0.05, 0) is 48.9 Å². The summed E-state index contributed by atoms with van der Waals surface area (Å²) in [5.74, 6) is -0.227. The monoisotopic (exact) mass is 535 g/mol. The van der Waals surface area contributed by atoms with Crippen LogP contribution in [0.2, 0.25) is 0 Å². The smallest absolute Gasteiger partial charge is 0.416 e. The van der Waals surface area contributed by atoms with Crippen molar-refractivity contribution in [3.63, 3.8) is 0 Å². The fraction of sp³-hybridized carbons (Fsp3) is 0.200. The van der Waals surface area contributed by atoms with Crippen molar-refractivity contribution < 1.29 is 35.9 Å². The molecule has 0 spiro atoms. The molecule has 0 saturated carbocycles. The van der Waals surface area contributed by atoms with Crippen molar-refractivity contribution >= 4 is 27.8 Å². The van der Waals surface area contributed by atoms with Crippen LogP contribution in [-0.2, 0) is 21.0 Å². The molecule has 1 N–H and O–H groups in total. The summed E-state index contributed by atoms with van der Waals surface area (Å²) >= 11 is 0. The number of nitrogens with one attached hydrogen (secondary N) is 1. The van der Waals surface area contributed by atoms with Crippen LogP contribution in [0.4, 0.5) is 18.9 Å². The molecule has 196 valence electrons. The van der Waals surface area contributed by atoms with E-state index >= 15 is 0 Å². The summed E-state index contributed by atoms with van der Waals surface area (Å²) in [6.07, 6.45) is -3.50. The number of carbonyl (C=O) groups excluding carboxylic acids is 1. The van der Waals surface area contributed by atoms with E-state index in [4.69, 9.17) is 9.47 Å². The minimum atomic E-state index is -4.53. The van der Waals surface area contributed by atoms with Gasteiger partial charge in [0.1, 0.15) is 6.54 Å². The number of halogens is 3. The molecule has 0 bridgehead atoms. The largest absolute Gasteiger partial charge is 0.493 e. The molecule has 0 aliphatic rings. The molecule has 1 amide bonds. The van der Waals surface area contributed by atoms with Gasteiger partial charge in [0.05, 0.1) is 36.6 Å². The Labute approximate surface area is 212 Å². The predicted octanol–water partition coefficient (Wildman–Crippen LogP) is 4.38. The normalized spacial score (nSPS) is 11.8. The van der Waals surface area contributed by atoms with Gasteiger partial charge in [-0.1, -0.05) is 29.8 Å². The fourth-order valence-corrected chi connectivity index (χ4v) is 4.69. The summed E-state index contributed by atoms with van der Waals surface area (Å²) in [4.78, 5) is 12.6. The number of amides is 1. The van der Waals surface area contributed by atoms with Crippen LogP contribution < -0.4 is 19.2 Å². The van der Waals surface area contributed by atoms with Crippen molar-refractivity contribution in [3.8, 4) is 11.5 Å². The highest BCUT2D eigenvalue weighted by Gasteiger charge is 2.30. The molecule has 0 fully saturated rings. The Bertz CT molecular complexity index is 1390. The summed E-state index contributed by atoms with van der Waals surface area (Å²) in [6.45, 7) is 1.13. The highest BCUT2D eigenvalue weighted by Crippen LogP contribution is 2.34. The van der Waals surface area contributed by atoms with Crippen LogP contribution in [0.15, 0.2) is 76.7 Å². The van der Waals surface area contributed by atoms with E-state index in [2.05, 4.69) is 10.5 Å². The summed E-state index contributed by atoms with van der Waals surface area (Å²) in [6, 6.07) is 14.8. The third-order valence-corrected chi connectivity index (χ3v) is 6.96. The van der Waals surface area contributed by atoms with Gasteiger partial charge in [0.25, 0.3) is 15.9 Å². The van der Waals surface area contributed by atoms with Crippen molar-refractivity contribution in [2.75, 3.05) is 25.1 Å². The van der Waals surface area contributed by atoms with Gasteiger partial charge in [0.2, 0.25) is 0 Å². The van der Waals surface area contributed by atoms with Crippen LogP contribution in [0.25, 0.3) is 0 Å². The van der Waals surface area contributed by atoms with Crippen LogP contribution in [0.1, 0.15) is 16.7 Å². The molecule has 8 nitrogen and oxygen atoms in total. The number of sulfonamides is 1. The predicted molar refractivity (Wildman–Crippen MR) is 132 cm³/mol. The van der Waals surface area contributed by atoms with E-state index in [1.54, 1.807) is 19.1 Å². The summed E-state index contributed by atoms with van der Waals surface area (Å²) in [5.41, 5.74) is 2.35. The maximum absolute atomic E-state index is 13.5. The van der Waals surface area contributed by atoms with Gasteiger partial charge in [0.15, 0.2) is 11.5 Å². The Hall–Kier alpha value is -4.06. The molecule has 0 atom stereocenters. The second-order valence-corrected chi connectivity index (χ2v) is 9.64. The van der Waals surface area contributed by atoms with E-state index in [9.17, 15) is 26.4 Å². The zero-order chi connectivity index (χ0) is 27.2. The standard InChI is InChI=1S/C25H24F3N3O5S/c1-17-7-10-21(11-8-17)37(33,34)31(20-9-12-22(35-2)23(14-20)36-3)16-24(32)30-29-15-18-5-4-6-19(13-18)25(26,27)28/h4-15H,16H2,1-3H3,(H,30,32)/b29-15+. The molecular weight excluding hydrogens is 511 g/mol. The Morgan fingerprint density at radius 1 is 1.00 bits per heavy atom. The molecule has 37 heavy (non-hydrogen) atoms. The molecule has 0 aliphatic heterocycles. The molecule has 0 aromatic heterocycles. The summed E-state index contributed by atoms with van der Waals surface area (Å²) in [5, 5.41) is 3.68. The Morgan fingerprint density at radius 2 is 1.68 bits per heavy atom. The lowest BCUT2D eigenvalue weighted by atomic mass is 10.1. The highest BCUT2D eigenvalue weighted by atomic mass is 32.2. The van der Waals surface area contributed by atoms with E-state index in [0.29, 0.717) is 5.75 Å². The number of alkyl halides is 3. The molecular formula is C25H24F3N3O5S.